The van der Waals surface area contributed by atoms with Gasteiger partial charge in [-0.2, -0.15) is 0 Å². The lowest BCUT2D eigenvalue weighted by Crippen LogP contribution is -2.21. The van der Waals surface area contributed by atoms with Gasteiger partial charge in [-0.05, 0) is 11.8 Å². The highest BCUT2D eigenvalue weighted by molar-refractivity contribution is 5.71. The molecule has 0 aliphatic heterocycles. The lowest BCUT2D eigenvalue weighted by atomic mass is 9.90. The summed E-state index contributed by atoms with van der Waals surface area (Å²) in [6.45, 7) is 6.93. The molecule has 0 saturated heterocycles. The summed E-state index contributed by atoms with van der Waals surface area (Å²) in [5, 5.41) is 0. The molecular weight excluding hydrogens is 344 g/mol. The van der Waals surface area contributed by atoms with E-state index in [1.807, 2.05) is 13.8 Å². The van der Waals surface area contributed by atoms with E-state index in [2.05, 4.69) is 0 Å². The van der Waals surface area contributed by atoms with Crippen LogP contribution in [0.25, 0.3) is 0 Å². The maximum atomic E-state index is 11.8. The number of carbonyl (C=O) groups is 2. The fourth-order valence-corrected chi connectivity index (χ4v) is 1.96. The normalized spacial score (nSPS) is 13.2. The van der Waals surface area contributed by atoms with Crippen LogP contribution in [-0.4, -0.2) is 79.0 Å². The average molecular weight is 378 g/mol. The van der Waals surface area contributed by atoms with Crippen molar-refractivity contribution in [2.75, 3.05) is 67.1 Å². The van der Waals surface area contributed by atoms with Crippen LogP contribution in [0.1, 0.15) is 26.7 Å². The van der Waals surface area contributed by atoms with E-state index in [9.17, 15) is 9.59 Å². The molecule has 0 aromatic heterocycles. The molecule has 0 rings (SSSR count). The number of esters is 2. The molecule has 0 fully saturated rings. The van der Waals surface area contributed by atoms with Gasteiger partial charge in [-0.15, -0.1) is 0 Å². The van der Waals surface area contributed by atoms with Crippen molar-refractivity contribution in [3.8, 4) is 0 Å². The number of methoxy groups -OCH3 is 2. The van der Waals surface area contributed by atoms with Crippen LogP contribution < -0.4 is 0 Å². The highest BCUT2D eigenvalue weighted by Gasteiger charge is 2.20. The van der Waals surface area contributed by atoms with Crippen LogP contribution in [-0.2, 0) is 38.0 Å². The summed E-state index contributed by atoms with van der Waals surface area (Å²) in [6, 6.07) is 0. The van der Waals surface area contributed by atoms with Gasteiger partial charge in [0.25, 0.3) is 0 Å². The van der Waals surface area contributed by atoms with E-state index in [0.717, 1.165) is 0 Å². The molecule has 8 nitrogen and oxygen atoms in total. The molecule has 2 unspecified atom stereocenters. The zero-order chi connectivity index (χ0) is 19.6. The molecule has 0 amide bonds. The maximum Gasteiger partial charge on any atom is 0.306 e. The van der Waals surface area contributed by atoms with Gasteiger partial charge in [-0.1, -0.05) is 13.8 Å². The molecule has 0 aliphatic rings. The van der Waals surface area contributed by atoms with E-state index in [1.165, 1.54) is 0 Å². The topological polar surface area (TPSA) is 89.5 Å². The average Bonchev–Trinajstić information content (AvgIpc) is 2.60. The summed E-state index contributed by atoms with van der Waals surface area (Å²) < 4.78 is 30.3. The van der Waals surface area contributed by atoms with E-state index < -0.39 is 0 Å². The van der Waals surface area contributed by atoms with Crippen LogP contribution in [0.5, 0.6) is 0 Å². The molecule has 8 heteroatoms. The molecule has 0 radical (unpaired) electrons. The van der Waals surface area contributed by atoms with Crippen molar-refractivity contribution in [2.24, 2.45) is 11.8 Å². The second kappa shape index (κ2) is 17.2. The minimum atomic E-state index is -0.292. The fraction of sp³-hybridized carbons (Fsp3) is 0.889. The second-order valence-electron chi connectivity index (χ2n) is 6.01. The first-order valence-electron chi connectivity index (χ1n) is 8.95. The van der Waals surface area contributed by atoms with Crippen LogP contribution in [0, 0.1) is 11.8 Å². The lowest BCUT2D eigenvalue weighted by Gasteiger charge is -2.18. The summed E-state index contributed by atoms with van der Waals surface area (Å²) >= 11 is 0. The highest BCUT2D eigenvalue weighted by Crippen LogP contribution is 2.19. The van der Waals surface area contributed by atoms with Gasteiger partial charge < -0.3 is 28.4 Å². The van der Waals surface area contributed by atoms with Crippen molar-refractivity contribution in [1.82, 2.24) is 0 Å². The van der Waals surface area contributed by atoms with Crippen LogP contribution in [0.4, 0.5) is 0 Å². The first-order valence-corrected chi connectivity index (χ1v) is 8.95. The Kier molecular flexibility index (Phi) is 16.4. The molecule has 2 atom stereocenters. The number of hydrogen-bond donors (Lipinski definition) is 0. The second-order valence-corrected chi connectivity index (χ2v) is 6.01. The van der Waals surface area contributed by atoms with Gasteiger partial charge in [-0.3, -0.25) is 9.59 Å². The Labute approximate surface area is 156 Å². The summed E-state index contributed by atoms with van der Waals surface area (Å²) in [7, 11) is 3.19. The van der Waals surface area contributed by atoms with E-state index in [1.54, 1.807) is 14.2 Å². The van der Waals surface area contributed by atoms with Gasteiger partial charge >= 0.3 is 11.9 Å². The number of carbonyl (C=O) groups excluding carboxylic acids is 2. The molecule has 154 valence electrons. The zero-order valence-electron chi connectivity index (χ0n) is 16.5. The largest absolute Gasteiger partial charge is 0.463 e. The van der Waals surface area contributed by atoms with E-state index in [-0.39, 0.29) is 49.8 Å². The van der Waals surface area contributed by atoms with Crippen molar-refractivity contribution >= 4 is 11.9 Å². The Morgan fingerprint density at radius 1 is 0.615 bits per heavy atom. The summed E-state index contributed by atoms with van der Waals surface area (Å²) in [4.78, 5) is 23.6. The Hall–Kier alpha value is -1.22. The SMILES string of the molecule is COCCOCCOC(=O)CC(C)C(C)CC(=O)OCCOCCOC. The number of ether oxygens (including phenoxy) is 6. The minimum Gasteiger partial charge on any atom is -0.463 e. The Morgan fingerprint density at radius 3 is 1.31 bits per heavy atom. The van der Waals surface area contributed by atoms with Crippen molar-refractivity contribution in [3.63, 3.8) is 0 Å². The van der Waals surface area contributed by atoms with Crippen molar-refractivity contribution in [1.29, 1.82) is 0 Å². The molecule has 0 spiro atoms. The van der Waals surface area contributed by atoms with Crippen LogP contribution in [0.3, 0.4) is 0 Å². The Balaban J connectivity index is 3.74. The summed E-state index contributed by atoms with van der Waals surface area (Å²) in [5.41, 5.74) is 0. The first kappa shape index (κ1) is 24.8. The third-order valence-electron chi connectivity index (χ3n) is 3.79. The minimum absolute atomic E-state index is 0.0161. The zero-order valence-corrected chi connectivity index (χ0v) is 16.5. The molecule has 0 N–H and O–H groups in total. The van der Waals surface area contributed by atoms with Crippen molar-refractivity contribution in [2.45, 2.75) is 26.7 Å². The van der Waals surface area contributed by atoms with E-state index in [0.29, 0.717) is 39.6 Å². The Bertz CT molecular complexity index is 327. The van der Waals surface area contributed by atoms with Gasteiger partial charge in [0.15, 0.2) is 0 Å². The molecule has 0 bridgehead atoms. The van der Waals surface area contributed by atoms with E-state index >= 15 is 0 Å². The van der Waals surface area contributed by atoms with Gasteiger partial charge in [-0.25, -0.2) is 0 Å². The molecule has 26 heavy (non-hydrogen) atoms. The third-order valence-corrected chi connectivity index (χ3v) is 3.79. The van der Waals surface area contributed by atoms with Gasteiger partial charge in [0, 0.05) is 27.1 Å². The predicted molar refractivity (Wildman–Crippen MR) is 94.9 cm³/mol. The Morgan fingerprint density at radius 2 is 0.962 bits per heavy atom. The molecule has 0 saturated carbocycles. The van der Waals surface area contributed by atoms with Crippen LogP contribution in [0.2, 0.25) is 0 Å². The van der Waals surface area contributed by atoms with Gasteiger partial charge in [0.05, 0.1) is 39.6 Å². The van der Waals surface area contributed by atoms with Crippen molar-refractivity contribution < 1.29 is 38.0 Å². The van der Waals surface area contributed by atoms with Gasteiger partial charge in [0.1, 0.15) is 13.2 Å². The van der Waals surface area contributed by atoms with Crippen LogP contribution >= 0.6 is 0 Å². The molecule has 0 aliphatic carbocycles. The monoisotopic (exact) mass is 378 g/mol. The van der Waals surface area contributed by atoms with Crippen molar-refractivity contribution in [3.05, 3.63) is 0 Å². The number of hydrogen-bond acceptors (Lipinski definition) is 8. The predicted octanol–water partition coefficient (Wildman–Crippen LogP) is 1.45. The fourth-order valence-electron chi connectivity index (χ4n) is 1.96. The third kappa shape index (κ3) is 15.1. The number of rotatable bonds is 17. The summed E-state index contributed by atoms with van der Waals surface area (Å²) in [6.07, 6.45) is 0.513. The quantitative estimate of drug-likeness (QED) is 0.278. The first-order chi connectivity index (χ1) is 12.5. The molecular formula is C18H34O8. The molecule has 0 heterocycles. The summed E-state index contributed by atoms with van der Waals surface area (Å²) in [5.74, 6) is -0.552. The smallest absolute Gasteiger partial charge is 0.306 e. The highest BCUT2D eigenvalue weighted by atomic mass is 16.6. The van der Waals surface area contributed by atoms with E-state index in [4.69, 9.17) is 28.4 Å². The standard InChI is InChI=1S/C18H34O8/c1-15(13-17(19)25-11-9-23-7-5-21-3)16(2)14-18(20)26-12-10-24-8-6-22-4/h15-16H,5-14H2,1-4H3. The lowest BCUT2D eigenvalue weighted by molar-refractivity contribution is -0.149. The molecule has 0 aromatic rings. The maximum absolute atomic E-state index is 11.8. The van der Waals surface area contributed by atoms with Crippen LogP contribution in [0.15, 0.2) is 0 Å². The van der Waals surface area contributed by atoms with Gasteiger partial charge in [0.2, 0.25) is 0 Å². The molecule has 0 aromatic carbocycles.